The summed E-state index contributed by atoms with van der Waals surface area (Å²) in [5, 5.41) is 11.1. The number of hydrogen-bond donors (Lipinski definition) is 2. The second-order valence-corrected chi connectivity index (χ2v) is 6.35. The van der Waals surface area contributed by atoms with Gasteiger partial charge in [0.2, 0.25) is 0 Å². The molecule has 7 heteroatoms. The van der Waals surface area contributed by atoms with Crippen LogP contribution in [0.1, 0.15) is 36.4 Å². The van der Waals surface area contributed by atoms with Gasteiger partial charge in [0.1, 0.15) is 5.82 Å². The van der Waals surface area contributed by atoms with Gasteiger partial charge in [-0.25, -0.2) is 9.38 Å². The molecule has 0 radical (unpaired) electrons. The molecule has 1 aromatic carbocycles. The number of aromatic nitrogens is 2. The summed E-state index contributed by atoms with van der Waals surface area (Å²) in [5.74, 6) is 0.500. The lowest BCUT2D eigenvalue weighted by Gasteiger charge is -2.18. The van der Waals surface area contributed by atoms with E-state index in [4.69, 9.17) is 0 Å². The second-order valence-electron chi connectivity index (χ2n) is 6.35. The molecule has 2 aromatic rings. The van der Waals surface area contributed by atoms with Gasteiger partial charge in [0, 0.05) is 25.3 Å². The first-order valence-corrected chi connectivity index (χ1v) is 8.69. The highest BCUT2D eigenvalue weighted by molar-refractivity contribution is 14.0. The summed E-state index contributed by atoms with van der Waals surface area (Å²) in [4.78, 5) is 4.56. The van der Waals surface area contributed by atoms with Crippen LogP contribution in [-0.2, 0) is 20.0 Å². The predicted molar refractivity (Wildman–Crippen MR) is 116 cm³/mol. The Balaban J connectivity index is 0.00000338. The average Bonchev–Trinajstić information content (AvgIpc) is 2.79. The molecule has 26 heavy (non-hydrogen) atoms. The highest BCUT2D eigenvalue weighted by atomic mass is 127. The van der Waals surface area contributed by atoms with Crippen LogP contribution >= 0.6 is 24.0 Å². The molecule has 0 aliphatic carbocycles. The summed E-state index contributed by atoms with van der Waals surface area (Å²) in [7, 11) is 1.97. The van der Waals surface area contributed by atoms with Crippen molar-refractivity contribution in [1.82, 2.24) is 20.4 Å². The molecule has 0 bridgehead atoms. The third-order valence-corrected chi connectivity index (χ3v) is 4.21. The number of hydrogen-bond acceptors (Lipinski definition) is 2. The number of nitrogens with one attached hydrogen (secondary N) is 2. The van der Waals surface area contributed by atoms with Crippen LogP contribution in [0.5, 0.6) is 0 Å². The zero-order valence-electron chi connectivity index (χ0n) is 16.1. The minimum absolute atomic E-state index is 0. The van der Waals surface area contributed by atoms with Crippen LogP contribution in [0.4, 0.5) is 4.39 Å². The minimum Gasteiger partial charge on any atom is -0.357 e. The lowest BCUT2D eigenvalue weighted by atomic mass is 10.1. The van der Waals surface area contributed by atoms with Gasteiger partial charge >= 0.3 is 0 Å². The summed E-state index contributed by atoms with van der Waals surface area (Å²) >= 11 is 0. The Morgan fingerprint density at radius 1 is 1.35 bits per heavy atom. The molecule has 5 nitrogen and oxygen atoms in total. The van der Waals surface area contributed by atoms with Gasteiger partial charge in [-0.2, -0.15) is 5.10 Å². The van der Waals surface area contributed by atoms with Crippen molar-refractivity contribution in [3.05, 3.63) is 52.6 Å². The molecule has 144 valence electrons. The Kier molecular flexibility index (Phi) is 9.04. The van der Waals surface area contributed by atoms with Crippen LogP contribution in [0.15, 0.2) is 29.3 Å². The Labute approximate surface area is 172 Å². The van der Waals surface area contributed by atoms with Crippen LogP contribution in [0, 0.1) is 19.7 Å². The van der Waals surface area contributed by atoms with Gasteiger partial charge in [-0.3, -0.25) is 4.68 Å². The van der Waals surface area contributed by atoms with Crippen molar-refractivity contribution in [1.29, 1.82) is 0 Å². The maximum atomic E-state index is 13.3. The van der Waals surface area contributed by atoms with Crippen molar-refractivity contribution >= 4 is 29.9 Å². The fraction of sp³-hybridized carbons (Fsp3) is 0.474. The van der Waals surface area contributed by atoms with Crippen molar-refractivity contribution in [3.8, 4) is 0 Å². The lowest BCUT2D eigenvalue weighted by molar-refractivity contribution is 0.624. The highest BCUT2D eigenvalue weighted by Gasteiger charge is 2.14. The molecule has 1 unspecified atom stereocenters. The van der Waals surface area contributed by atoms with Gasteiger partial charge in [-0.05, 0) is 57.4 Å². The van der Waals surface area contributed by atoms with Crippen LogP contribution < -0.4 is 10.6 Å². The van der Waals surface area contributed by atoms with E-state index in [1.165, 1.54) is 23.4 Å². The van der Waals surface area contributed by atoms with E-state index < -0.39 is 0 Å². The van der Waals surface area contributed by atoms with Gasteiger partial charge < -0.3 is 10.6 Å². The first kappa shape index (κ1) is 22.4. The number of nitrogens with zero attached hydrogens (tertiary/aromatic N) is 3. The largest absolute Gasteiger partial charge is 0.357 e. The van der Waals surface area contributed by atoms with Crippen LogP contribution in [0.25, 0.3) is 0 Å². The monoisotopic (exact) mass is 473 g/mol. The number of aliphatic imine (C=N–C) groups is 1. The van der Waals surface area contributed by atoms with Gasteiger partial charge in [0.15, 0.2) is 5.96 Å². The maximum absolute atomic E-state index is 13.3. The topological polar surface area (TPSA) is 54.2 Å². The summed E-state index contributed by atoms with van der Waals surface area (Å²) in [6, 6.07) is 6.74. The quantitative estimate of drug-likeness (QED) is 0.384. The molecular weight excluding hydrogens is 444 g/mol. The Hall–Kier alpha value is -1.64. The molecule has 0 spiro atoms. The van der Waals surface area contributed by atoms with Crippen molar-refractivity contribution < 1.29 is 4.39 Å². The first-order valence-electron chi connectivity index (χ1n) is 8.69. The summed E-state index contributed by atoms with van der Waals surface area (Å²) < 4.78 is 15.2. The molecule has 2 rings (SSSR count). The second kappa shape index (κ2) is 10.5. The molecule has 1 atom stereocenters. The SMILES string of the molecule is CCNC(=NCc1cccc(F)c1)NC(C)Cc1c(C)nn(C)c1C.I. The van der Waals surface area contributed by atoms with Crippen LogP contribution in [0.2, 0.25) is 0 Å². The normalized spacial score (nSPS) is 12.5. The van der Waals surface area contributed by atoms with E-state index in [9.17, 15) is 4.39 Å². The average molecular weight is 473 g/mol. The standard InChI is InChI=1S/C19H28FN5.HI/c1-6-21-19(22-12-16-8-7-9-17(20)11-16)23-13(2)10-18-14(3)24-25(5)15(18)4;/h7-9,11,13H,6,10,12H2,1-5H3,(H2,21,22,23);1H. The van der Waals surface area contributed by atoms with E-state index in [1.807, 2.05) is 31.6 Å². The lowest BCUT2D eigenvalue weighted by Crippen LogP contribution is -2.43. The van der Waals surface area contributed by atoms with E-state index in [1.54, 1.807) is 6.07 Å². The van der Waals surface area contributed by atoms with Crippen molar-refractivity contribution in [2.75, 3.05) is 6.54 Å². The molecule has 0 saturated carbocycles. The van der Waals surface area contributed by atoms with Crippen molar-refractivity contribution in [3.63, 3.8) is 0 Å². The third kappa shape index (κ3) is 6.26. The van der Waals surface area contributed by atoms with Crippen LogP contribution in [-0.4, -0.2) is 28.3 Å². The predicted octanol–water partition coefficient (Wildman–Crippen LogP) is 3.48. The van der Waals surface area contributed by atoms with E-state index in [0.29, 0.717) is 6.54 Å². The molecule has 2 N–H and O–H groups in total. The van der Waals surface area contributed by atoms with Gasteiger partial charge in [-0.1, -0.05) is 12.1 Å². The zero-order valence-corrected chi connectivity index (χ0v) is 18.5. The van der Waals surface area contributed by atoms with E-state index in [-0.39, 0.29) is 35.8 Å². The van der Waals surface area contributed by atoms with Gasteiger partial charge in [-0.15, -0.1) is 24.0 Å². The molecule has 0 saturated heterocycles. The summed E-state index contributed by atoms with van der Waals surface area (Å²) in [6.45, 7) is 9.49. The number of benzene rings is 1. The summed E-state index contributed by atoms with van der Waals surface area (Å²) in [5.41, 5.74) is 4.37. The highest BCUT2D eigenvalue weighted by Crippen LogP contribution is 2.14. The first-order chi connectivity index (χ1) is 11.9. The van der Waals surface area contributed by atoms with E-state index in [2.05, 4.69) is 34.6 Å². The number of rotatable bonds is 6. The fourth-order valence-corrected chi connectivity index (χ4v) is 2.83. The molecule has 1 aromatic heterocycles. The number of aryl methyl sites for hydroxylation is 2. The number of halogens is 2. The molecule has 0 amide bonds. The summed E-state index contributed by atoms with van der Waals surface area (Å²) in [6.07, 6.45) is 0.871. The van der Waals surface area contributed by atoms with Crippen LogP contribution in [0.3, 0.4) is 0 Å². The Bertz CT molecular complexity index is 742. The van der Waals surface area contributed by atoms with Gasteiger partial charge in [0.25, 0.3) is 0 Å². The van der Waals surface area contributed by atoms with E-state index in [0.717, 1.165) is 30.2 Å². The maximum Gasteiger partial charge on any atom is 0.191 e. The molecular formula is C19H29FIN5. The van der Waals surface area contributed by atoms with Gasteiger partial charge in [0.05, 0.1) is 12.2 Å². The smallest absolute Gasteiger partial charge is 0.191 e. The zero-order chi connectivity index (χ0) is 18.4. The fourth-order valence-electron chi connectivity index (χ4n) is 2.83. The minimum atomic E-state index is -0.235. The van der Waals surface area contributed by atoms with Crippen molar-refractivity contribution in [2.24, 2.45) is 12.0 Å². The number of guanidine groups is 1. The molecule has 1 heterocycles. The molecule has 0 fully saturated rings. The molecule has 0 aliphatic heterocycles. The third-order valence-electron chi connectivity index (χ3n) is 4.21. The van der Waals surface area contributed by atoms with E-state index >= 15 is 0 Å². The Morgan fingerprint density at radius 3 is 2.65 bits per heavy atom. The Morgan fingerprint density at radius 2 is 2.08 bits per heavy atom. The molecule has 0 aliphatic rings. The van der Waals surface area contributed by atoms with Crippen molar-refractivity contribution in [2.45, 2.75) is 46.7 Å².